The minimum Gasteiger partial charge on any atom is -0.318 e. The maximum atomic E-state index is 12.9. The van der Waals surface area contributed by atoms with Crippen molar-refractivity contribution in [1.82, 2.24) is 5.32 Å². The lowest BCUT2D eigenvalue weighted by Crippen LogP contribution is -2.33. The van der Waals surface area contributed by atoms with Crippen molar-refractivity contribution in [1.29, 1.82) is 0 Å². The predicted octanol–water partition coefficient (Wildman–Crippen LogP) is 1.48. The summed E-state index contributed by atoms with van der Waals surface area (Å²) in [5, 5.41) is 2.25. The van der Waals surface area contributed by atoms with Crippen LogP contribution in [0.2, 0.25) is 0 Å². The Morgan fingerprint density at radius 3 is 2.59 bits per heavy atom. The van der Waals surface area contributed by atoms with E-state index in [-0.39, 0.29) is 5.82 Å². The van der Waals surface area contributed by atoms with Gasteiger partial charge in [0.15, 0.2) is 0 Å². The molecular weight excluding hydrogens is 243 g/mol. The fourth-order valence-corrected chi connectivity index (χ4v) is 2.52. The molecule has 1 unspecified atom stereocenters. The average molecular weight is 260 g/mol. The second-order valence-corrected chi connectivity index (χ2v) is 6.07. The Balaban J connectivity index is 2.90. The third kappa shape index (κ3) is 3.67. The Morgan fingerprint density at radius 2 is 2.06 bits per heavy atom. The third-order valence-corrected chi connectivity index (χ3v) is 4.19. The van der Waals surface area contributed by atoms with Gasteiger partial charge in [-0.3, -0.25) is 4.72 Å². The number of hydrogen-bond donors (Lipinski definition) is 2. The zero-order valence-electron chi connectivity index (χ0n) is 10.1. The van der Waals surface area contributed by atoms with Gasteiger partial charge in [0.25, 0.3) is 0 Å². The number of rotatable bonds is 5. The second kappa shape index (κ2) is 5.46. The van der Waals surface area contributed by atoms with E-state index in [0.29, 0.717) is 17.8 Å². The SMILES string of the molecule is CNCC(C)S(=O)(=O)Nc1ccc(F)cc1C. The van der Waals surface area contributed by atoms with Crippen LogP contribution in [0.1, 0.15) is 12.5 Å². The van der Waals surface area contributed by atoms with Gasteiger partial charge >= 0.3 is 0 Å². The molecule has 0 saturated carbocycles. The van der Waals surface area contributed by atoms with Gasteiger partial charge in [-0.25, -0.2) is 12.8 Å². The number of aryl methyl sites for hydroxylation is 1. The molecule has 4 nitrogen and oxygen atoms in total. The molecule has 0 fully saturated rings. The normalized spacial score (nSPS) is 13.4. The zero-order valence-corrected chi connectivity index (χ0v) is 10.9. The molecule has 96 valence electrons. The summed E-state index contributed by atoms with van der Waals surface area (Å²) in [6.45, 7) is 3.62. The molecule has 0 aliphatic rings. The predicted molar refractivity (Wildman–Crippen MR) is 67.1 cm³/mol. The monoisotopic (exact) mass is 260 g/mol. The van der Waals surface area contributed by atoms with Gasteiger partial charge in [-0.05, 0) is 44.7 Å². The number of anilines is 1. The fraction of sp³-hybridized carbons (Fsp3) is 0.455. The molecule has 1 aromatic rings. The summed E-state index contributed by atoms with van der Waals surface area (Å²) in [5.41, 5.74) is 0.972. The van der Waals surface area contributed by atoms with E-state index in [4.69, 9.17) is 0 Å². The summed E-state index contributed by atoms with van der Waals surface area (Å²) in [6, 6.07) is 3.95. The first-order valence-corrected chi connectivity index (χ1v) is 6.84. The topological polar surface area (TPSA) is 58.2 Å². The van der Waals surface area contributed by atoms with Crippen LogP contribution in [0, 0.1) is 12.7 Å². The first-order valence-electron chi connectivity index (χ1n) is 5.29. The molecule has 6 heteroatoms. The number of sulfonamides is 1. The highest BCUT2D eigenvalue weighted by Crippen LogP contribution is 2.18. The van der Waals surface area contributed by atoms with Crippen LogP contribution in [-0.2, 0) is 10.0 Å². The number of nitrogens with one attached hydrogen (secondary N) is 2. The van der Waals surface area contributed by atoms with E-state index in [1.54, 1.807) is 20.9 Å². The van der Waals surface area contributed by atoms with E-state index in [2.05, 4.69) is 10.0 Å². The quantitative estimate of drug-likeness (QED) is 0.843. The highest BCUT2D eigenvalue weighted by Gasteiger charge is 2.20. The van der Waals surface area contributed by atoms with E-state index in [0.717, 1.165) is 0 Å². The van der Waals surface area contributed by atoms with E-state index in [9.17, 15) is 12.8 Å². The van der Waals surface area contributed by atoms with Crippen LogP contribution in [0.5, 0.6) is 0 Å². The summed E-state index contributed by atoms with van der Waals surface area (Å²) >= 11 is 0. The molecule has 0 aliphatic heterocycles. The summed E-state index contributed by atoms with van der Waals surface area (Å²) < 4.78 is 39.1. The molecule has 1 atom stereocenters. The Hall–Kier alpha value is -1.14. The van der Waals surface area contributed by atoms with Gasteiger partial charge in [-0.1, -0.05) is 0 Å². The Bertz CT molecular complexity index is 488. The van der Waals surface area contributed by atoms with E-state index in [1.165, 1.54) is 18.2 Å². The molecule has 0 heterocycles. The highest BCUT2D eigenvalue weighted by atomic mass is 32.2. The van der Waals surface area contributed by atoms with E-state index >= 15 is 0 Å². The first kappa shape index (κ1) is 13.9. The molecule has 0 amide bonds. The highest BCUT2D eigenvalue weighted by molar-refractivity contribution is 7.93. The Labute approximate surface area is 101 Å². The van der Waals surface area contributed by atoms with Crippen molar-refractivity contribution >= 4 is 15.7 Å². The lowest BCUT2D eigenvalue weighted by molar-refractivity contribution is 0.583. The van der Waals surface area contributed by atoms with Gasteiger partial charge in [-0.2, -0.15) is 0 Å². The number of halogens is 1. The maximum absolute atomic E-state index is 12.9. The molecule has 0 bridgehead atoms. The molecule has 1 aromatic carbocycles. The Morgan fingerprint density at radius 1 is 1.41 bits per heavy atom. The Kier molecular flexibility index (Phi) is 4.47. The molecule has 0 radical (unpaired) electrons. The summed E-state index contributed by atoms with van der Waals surface area (Å²) in [7, 11) is -1.76. The van der Waals surface area contributed by atoms with Crippen LogP contribution in [0.25, 0.3) is 0 Å². The molecule has 17 heavy (non-hydrogen) atoms. The zero-order chi connectivity index (χ0) is 13.1. The molecule has 0 aromatic heterocycles. The molecule has 0 aliphatic carbocycles. The van der Waals surface area contributed by atoms with Crippen molar-refractivity contribution < 1.29 is 12.8 Å². The fourth-order valence-electron chi connectivity index (χ4n) is 1.39. The average Bonchev–Trinajstić information content (AvgIpc) is 2.22. The standard InChI is InChI=1S/C11H17FN2O2S/c1-8-6-10(12)4-5-11(8)14-17(15,16)9(2)7-13-3/h4-6,9,13-14H,7H2,1-3H3. The van der Waals surface area contributed by atoms with Crippen molar-refractivity contribution in [2.24, 2.45) is 0 Å². The van der Waals surface area contributed by atoms with E-state index in [1.807, 2.05) is 0 Å². The van der Waals surface area contributed by atoms with Crippen LogP contribution in [0.15, 0.2) is 18.2 Å². The largest absolute Gasteiger partial charge is 0.318 e. The molecule has 2 N–H and O–H groups in total. The lowest BCUT2D eigenvalue weighted by atomic mass is 10.2. The van der Waals surface area contributed by atoms with Crippen molar-refractivity contribution in [2.75, 3.05) is 18.3 Å². The van der Waals surface area contributed by atoms with Crippen LogP contribution in [0.4, 0.5) is 10.1 Å². The molecule has 0 spiro atoms. The van der Waals surface area contributed by atoms with Gasteiger partial charge in [0.05, 0.1) is 10.9 Å². The van der Waals surface area contributed by atoms with Crippen LogP contribution < -0.4 is 10.0 Å². The summed E-state index contributed by atoms with van der Waals surface area (Å²) in [5.74, 6) is -0.381. The van der Waals surface area contributed by atoms with Crippen LogP contribution in [0.3, 0.4) is 0 Å². The van der Waals surface area contributed by atoms with Crippen molar-refractivity contribution in [3.63, 3.8) is 0 Å². The maximum Gasteiger partial charge on any atom is 0.236 e. The lowest BCUT2D eigenvalue weighted by Gasteiger charge is -2.15. The minimum atomic E-state index is -3.45. The van der Waals surface area contributed by atoms with Gasteiger partial charge in [0.2, 0.25) is 10.0 Å². The molecule has 0 saturated heterocycles. The minimum absolute atomic E-state index is 0.357. The van der Waals surface area contributed by atoms with Crippen molar-refractivity contribution in [3.8, 4) is 0 Å². The van der Waals surface area contributed by atoms with Gasteiger partial charge in [0, 0.05) is 6.54 Å². The molecular formula is C11H17FN2O2S. The van der Waals surface area contributed by atoms with Crippen molar-refractivity contribution in [2.45, 2.75) is 19.1 Å². The summed E-state index contributed by atoms with van der Waals surface area (Å²) in [6.07, 6.45) is 0. The van der Waals surface area contributed by atoms with Crippen molar-refractivity contribution in [3.05, 3.63) is 29.6 Å². The molecule has 1 rings (SSSR count). The smallest absolute Gasteiger partial charge is 0.236 e. The number of hydrogen-bond acceptors (Lipinski definition) is 3. The van der Waals surface area contributed by atoms with Gasteiger partial charge in [-0.15, -0.1) is 0 Å². The summed E-state index contributed by atoms with van der Waals surface area (Å²) in [4.78, 5) is 0. The van der Waals surface area contributed by atoms with Gasteiger partial charge in [0.1, 0.15) is 5.82 Å². The van der Waals surface area contributed by atoms with Crippen LogP contribution >= 0.6 is 0 Å². The second-order valence-electron chi connectivity index (χ2n) is 3.97. The van der Waals surface area contributed by atoms with E-state index < -0.39 is 15.3 Å². The number of benzene rings is 1. The first-order chi connectivity index (χ1) is 7.86. The third-order valence-electron chi connectivity index (χ3n) is 2.46. The van der Waals surface area contributed by atoms with Crippen LogP contribution in [-0.4, -0.2) is 27.3 Å². The van der Waals surface area contributed by atoms with Gasteiger partial charge < -0.3 is 5.32 Å².